The zero-order valence-corrected chi connectivity index (χ0v) is 84.2. The van der Waals surface area contributed by atoms with Crippen LogP contribution >= 0.6 is 23.5 Å². The van der Waals surface area contributed by atoms with Gasteiger partial charge >= 0.3 is 5.97 Å². The van der Waals surface area contributed by atoms with Crippen LogP contribution in [0.25, 0.3) is 0 Å². The zero-order chi connectivity index (χ0) is 99.3. The van der Waals surface area contributed by atoms with Crippen LogP contribution in [0, 0.1) is 23.7 Å². The lowest BCUT2D eigenvalue weighted by Gasteiger charge is -2.55. The number of likely N-dealkylation sites (N-methyl/N-ethyl adjacent to an activating group) is 2. The number of hydrogen-bond acceptors (Lipinski definition) is 25. The molecule has 751 valence electrons. The highest BCUT2D eigenvalue weighted by Crippen LogP contribution is 2.60. The number of nitrogens with one attached hydrogen (secondary N) is 4. The van der Waals surface area contributed by atoms with Crippen LogP contribution in [0.4, 0.5) is 11.4 Å². The predicted molar refractivity (Wildman–Crippen MR) is 525 cm³/mol. The van der Waals surface area contributed by atoms with Crippen LogP contribution in [0.1, 0.15) is 185 Å². The number of carboxylic acids is 1. The van der Waals surface area contributed by atoms with Crippen LogP contribution in [-0.2, 0) is 78.0 Å². The van der Waals surface area contributed by atoms with E-state index in [0.29, 0.717) is 136 Å². The number of nitrogens with two attached hydrogens (primary N) is 1. The molecule has 0 aromatic heterocycles. The van der Waals surface area contributed by atoms with Gasteiger partial charge in [0.05, 0.1) is 164 Å². The van der Waals surface area contributed by atoms with Gasteiger partial charge in [-0.15, -0.1) is 23.5 Å². The van der Waals surface area contributed by atoms with E-state index >= 15 is 0 Å². The Balaban J connectivity index is 0.694. The summed E-state index contributed by atoms with van der Waals surface area (Å²) < 4.78 is 58.7. The highest BCUT2D eigenvalue weighted by atomic mass is 32.2. The van der Waals surface area contributed by atoms with E-state index in [9.17, 15) is 57.8 Å². The van der Waals surface area contributed by atoms with Crippen molar-refractivity contribution >= 4 is 114 Å². The van der Waals surface area contributed by atoms with E-state index in [1.807, 2.05) is 47.6 Å². The molecule has 6 heterocycles. The number of nitrogens with zero attached hydrogens (tertiary/aromatic N) is 7. The molecule has 4 unspecified atom stereocenters. The van der Waals surface area contributed by atoms with Gasteiger partial charge in [-0.05, 0) is 106 Å². The molecule has 37 heteroatoms. The lowest BCUT2D eigenvalue weighted by molar-refractivity contribution is -0.149. The lowest BCUT2D eigenvalue weighted by atomic mass is 9.72. The topological polar surface area (TPSA) is 406 Å². The number of anilines is 1. The van der Waals surface area contributed by atoms with E-state index < -0.39 is 97.9 Å². The minimum Gasteiger partial charge on any atom is -0.493 e. The average molecular weight is 1930 g/mol. The van der Waals surface area contributed by atoms with Crippen molar-refractivity contribution in [1.82, 2.24) is 45.8 Å². The molecule has 0 bridgehead atoms. The molecule has 9 rings (SSSR count). The molecule has 10 amide bonds. The van der Waals surface area contributed by atoms with E-state index in [1.54, 1.807) is 108 Å². The van der Waals surface area contributed by atoms with E-state index in [-0.39, 0.29) is 163 Å². The number of methoxy groups -OCH3 is 4. The molecular formula is C99H148BN12O22S2. The summed E-state index contributed by atoms with van der Waals surface area (Å²) in [6, 6.07) is 11.0. The Hall–Kier alpha value is -9.34. The number of rotatable bonds is 56. The minimum absolute atomic E-state index is 0.00107. The number of unbranched alkanes of at least 4 members (excludes halogenated alkanes) is 2. The molecule has 15 atom stereocenters. The fourth-order valence-corrected chi connectivity index (χ4v) is 23.3. The molecule has 0 saturated carbocycles. The number of aliphatic imine (C=N–C) groups is 1. The molecule has 1 radical (unpaired) electrons. The van der Waals surface area contributed by atoms with Gasteiger partial charge in [0.1, 0.15) is 28.6 Å². The molecule has 6 aliphatic heterocycles. The molecule has 34 nitrogen and oxygen atoms in total. The molecule has 6 aliphatic rings. The first-order valence-corrected chi connectivity index (χ1v) is 49.8. The number of ether oxygens (including phenoxy) is 10. The molecule has 136 heavy (non-hydrogen) atoms. The second-order valence-electron chi connectivity index (χ2n) is 37.1. The first-order valence-electron chi connectivity index (χ1n) is 48.1. The van der Waals surface area contributed by atoms with Gasteiger partial charge in [0.15, 0.2) is 23.0 Å². The standard InChI is InChI=1S/C99H148BN12O22S2/c1-19-34-98(12)99(21-3,60-100-101)136-89(88(135-98)92(118)102-35-42-131-47-45-130-41-33-82(114)112-59-69-49-64(9)58-111(69)95(121)71-52-77(126-16)79(54-75(71)112)134-39-27-23-26-38-133-78-53-72-70(51-76(78)125-15)94(120)110-57-63(8)48-68(110)56-104-72)93(119)103-36-43-132-46-44-129-40-32-81(113)107(13)85(62(6)7)91(117)106-84(61(4)5)96(122)108(14)86(65(10)20-2)80(127-17)55-83(115)109-37-28-31-74(109)87(128-18)66(11)90(116)105-73(97(123)124)50-67-29-24-22-25-30-67/h22,24-25,29-30,51-54,56,61-62,65-66,68-69,73-74,80,84-89H,8-9,19-21,23,26-28,31-50,55,57-60,101H2,1-7,10-18H3,(H,102,118)(H,103,119)(H,105,116)(H,106,117)(H,123,124)/t65-,66+,68-,69-,73-,74-,80+,84-,85-,86-,87+,88?,89?,98?,99?/m0/s1. The normalized spacial score (nSPS) is 21.4. The summed E-state index contributed by atoms with van der Waals surface area (Å²) in [6.07, 6.45) is 8.01. The maximum atomic E-state index is 14.9. The molecule has 4 fully saturated rings. The van der Waals surface area contributed by atoms with Gasteiger partial charge in [-0.3, -0.25) is 52.9 Å². The largest absolute Gasteiger partial charge is 0.493 e. The Kier molecular flexibility index (Phi) is 43.1. The zero-order valence-electron chi connectivity index (χ0n) is 82.6. The van der Waals surface area contributed by atoms with Crippen LogP contribution in [0.5, 0.6) is 23.0 Å². The third-order valence-electron chi connectivity index (χ3n) is 27.0. The van der Waals surface area contributed by atoms with Crippen molar-refractivity contribution in [3.8, 4) is 23.0 Å². The summed E-state index contributed by atoms with van der Waals surface area (Å²) in [5, 5.41) is 20.2. The Morgan fingerprint density at radius 2 is 1.27 bits per heavy atom. The van der Waals surface area contributed by atoms with Crippen LogP contribution in [0.3, 0.4) is 0 Å². The Labute approximate surface area is 812 Å². The predicted octanol–water partition coefficient (Wildman–Crippen LogP) is 9.29. The van der Waals surface area contributed by atoms with Crippen molar-refractivity contribution in [2.75, 3.05) is 153 Å². The summed E-state index contributed by atoms with van der Waals surface area (Å²) in [6.45, 7) is 30.8. The highest BCUT2D eigenvalue weighted by molar-refractivity contribution is 8.09. The first kappa shape index (κ1) is 110. The monoisotopic (exact) mass is 1930 g/mol. The summed E-state index contributed by atoms with van der Waals surface area (Å²) >= 11 is 3.00. The van der Waals surface area contributed by atoms with Gasteiger partial charge in [0, 0.05) is 102 Å². The van der Waals surface area contributed by atoms with Gasteiger partial charge in [0.25, 0.3) is 11.8 Å². The minimum atomic E-state index is -1.19. The summed E-state index contributed by atoms with van der Waals surface area (Å²) in [5.74, 6) is -4.65. The summed E-state index contributed by atoms with van der Waals surface area (Å²) in [4.78, 5) is 169. The SMILES string of the molecule is C=C1C[C@H]2CN(C(=O)CCOCCOCCNC(=O)C3SC(C)(CCC)C(CC)(C[B]N)SC3C(=O)NCCOCCOCCC(=O)N(C)[C@H](C(=O)N[C@H](C(=O)N(C)[C@@H]([C@@H](C)CC)[C@@H](CC(=O)N3CCC[C@H]3[C@H](OC)[C@@H](C)C(=O)N[C@@H](Cc3ccccc3)C(=O)O)OC)C(C)C)C(C)C)c3cc(OCCCCCOc4cc5c(cc4OC)C(=O)N4CC(=C)C[C@H]4C=N5)c(OC)cc3C(=O)N2C1. The van der Waals surface area contributed by atoms with Gasteiger partial charge < -0.3 is 109 Å². The summed E-state index contributed by atoms with van der Waals surface area (Å²) in [5.41, 5.74) is 10.5. The molecule has 4 saturated heterocycles. The molecular weight excluding hydrogens is 1780 g/mol. The number of thioether (sulfide) groups is 2. The second kappa shape index (κ2) is 53.2. The number of benzene rings is 3. The number of carbonyl (C=O) groups is 11. The van der Waals surface area contributed by atoms with Crippen LogP contribution in [0.15, 0.2) is 83.9 Å². The highest BCUT2D eigenvalue weighted by Gasteiger charge is 2.58. The van der Waals surface area contributed by atoms with Crippen LogP contribution in [0.2, 0.25) is 6.32 Å². The number of aliphatic carboxylic acids is 1. The Morgan fingerprint density at radius 3 is 1.85 bits per heavy atom. The van der Waals surface area contributed by atoms with Crippen molar-refractivity contribution < 1.29 is 105 Å². The van der Waals surface area contributed by atoms with Crippen molar-refractivity contribution in [1.29, 1.82) is 0 Å². The van der Waals surface area contributed by atoms with Crippen molar-refractivity contribution in [3.63, 3.8) is 0 Å². The number of carboxylic acid groups (broad SMARTS) is 1. The van der Waals surface area contributed by atoms with Gasteiger partial charge in [-0.1, -0.05) is 130 Å². The van der Waals surface area contributed by atoms with E-state index in [0.717, 1.165) is 36.0 Å². The molecule has 3 aromatic carbocycles. The number of hydrogen-bond donors (Lipinski definition) is 6. The lowest BCUT2D eigenvalue weighted by Crippen LogP contribution is -2.60. The Morgan fingerprint density at radius 1 is 0.676 bits per heavy atom. The van der Waals surface area contributed by atoms with E-state index in [1.165, 1.54) is 56.9 Å². The van der Waals surface area contributed by atoms with Crippen molar-refractivity contribution in [2.24, 2.45) is 34.3 Å². The van der Waals surface area contributed by atoms with E-state index in [4.69, 9.17) is 53.0 Å². The van der Waals surface area contributed by atoms with Crippen LogP contribution < -0.4 is 50.8 Å². The molecule has 0 spiro atoms. The molecule has 7 N–H and O–H groups in total. The number of likely N-dealkylation sites (tertiary alicyclic amines) is 1. The Bertz CT molecular complexity index is 4610. The number of carbonyl (C=O) groups excluding carboxylic acids is 10. The maximum Gasteiger partial charge on any atom is 0.326 e. The molecule has 0 aliphatic carbocycles. The van der Waals surface area contributed by atoms with Gasteiger partial charge in [0.2, 0.25) is 54.7 Å². The first-order chi connectivity index (χ1) is 65.1. The fourth-order valence-electron chi connectivity index (χ4n) is 19.3. The van der Waals surface area contributed by atoms with Crippen molar-refractivity contribution in [2.45, 2.75) is 246 Å². The van der Waals surface area contributed by atoms with E-state index in [2.05, 4.69) is 60.2 Å². The molecule has 3 aromatic rings. The maximum absolute atomic E-state index is 14.9. The van der Waals surface area contributed by atoms with Gasteiger partial charge in [-0.25, -0.2) is 4.79 Å². The average Bonchev–Trinajstić information content (AvgIpc) is 1.15. The third kappa shape index (κ3) is 28.3. The third-order valence-corrected chi connectivity index (χ3v) is 31.2. The summed E-state index contributed by atoms with van der Waals surface area (Å²) in [7, 11) is 10.8. The quantitative estimate of drug-likeness (QED) is 0.0174. The second-order valence-corrected chi connectivity index (χ2v) is 40.2. The van der Waals surface area contributed by atoms with Crippen molar-refractivity contribution in [3.05, 3.63) is 95.6 Å². The fraction of sp³-hybridized carbons (Fsp3) is 0.657. The van der Waals surface area contributed by atoms with Gasteiger partial charge in [-0.2, -0.15) is 0 Å². The van der Waals surface area contributed by atoms with Crippen LogP contribution in [-0.4, -0.2) is 331 Å². The smallest absolute Gasteiger partial charge is 0.326 e. The number of amides is 10. The number of fused-ring (bicyclic) bond motifs is 4.